The van der Waals surface area contributed by atoms with E-state index in [1.807, 2.05) is 48.5 Å². The molecule has 4 aromatic carbocycles. The van der Waals surface area contributed by atoms with Crippen molar-refractivity contribution in [2.24, 2.45) is 5.10 Å². The smallest absolute Gasteiger partial charge is 0.259 e. The number of nitrogens with one attached hydrogen (secondary N) is 2. The summed E-state index contributed by atoms with van der Waals surface area (Å²) in [5.74, 6) is 0.447. The second kappa shape index (κ2) is 8.44. The zero-order chi connectivity index (χ0) is 20.1. The van der Waals surface area contributed by atoms with Gasteiger partial charge in [-0.15, -0.1) is 0 Å². The number of amides is 1. The van der Waals surface area contributed by atoms with Crippen LogP contribution < -0.4 is 15.5 Å². The summed E-state index contributed by atoms with van der Waals surface area (Å²) < 4.78 is 5.27. The van der Waals surface area contributed by atoms with E-state index in [0.717, 1.165) is 32.8 Å². The van der Waals surface area contributed by atoms with Gasteiger partial charge in [0.2, 0.25) is 0 Å². The van der Waals surface area contributed by atoms with Crippen LogP contribution in [0.1, 0.15) is 5.56 Å². The van der Waals surface area contributed by atoms with Gasteiger partial charge in [0.25, 0.3) is 5.91 Å². The highest BCUT2D eigenvalue weighted by Gasteiger charge is 2.06. The highest BCUT2D eigenvalue weighted by molar-refractivity contribution is 6.13. The largest absolute Gasteiger partial charge is 0.495 e. The highest BCUT2D eigenvalue weighted by atomic mass is 16.5. The summed E-state index contributed by atoms with van der Waals surface area (Å²) >= 11 is 0. The number of hydrazone groups is 1. The van der Waals surface area contributed by atoms with Crippen molar-refractivity contribution in [1.29, 1.82) is 0 Å². The minimum Gasteiger partial charge on any atom is -0.495 e. The number of hydrogen-bond donors (Lipinski definition) is 2. The van der Waals surface area contributed by atoms with Crippen LogP contribution in [0.2, 0.25) is 0 Å². The van der Waals surface area contributed by atoms with E-state index in [1.54, 1.807) is 13.3 Å². The summed E-state index contributed by atoms with van der Waals surface area (Å²) in [5.41, 5.74) is 4.34. The maximum atomic E-state index is 12.2. The van der Waals surface area contributed by atoms with Crippen LogP contribution in [0.15, 0.2) is 84.0 Å². The first-order valence-electron chi connectivity index (χ1n) is 9.35. The average Bonchev–Trinajstić information content (AvgIpc) is 2.77. The number of benzene rings is 4. The number of rotatable bonds is 6. The molecule has 4 rings (SSSR count). The fourth-order valence-corrected chi connectivity index (χ4v) is 3.36. The number of hydrogen-bond acceptors (Lipinski definition) is 4. The molecule has 0 radical (unpaired) electrons. The van der Waals surface area contributed by atoms with E-state index in [9.17, 15) is 4.79 Å². The Morgan fingerprint density at radius 1 is 0.931 bits per heavy atom. The summed E-state index contributed by atoms with van der Waals surface area (Å²) in [6.07, 6.45) is 1.71. The number of para-hydroxylation sites is 2. The maximum Gasteiger partial charge on any atom is 0.259 e. The fourth-order valence-electron chi connectivity index (χ4n) is 3.36. The van der Waals surface area contributed by atoms with Crippen LogP contribution in [0, 0.1) is 0 Å². The average molecular weight is 383 g/mol. The predicted molar refractivity (Wildman–Crippen MR) is 119 cm³/mol. The van der Waals surface area contributed by atoms with Gasteiger partial charge >= 0.3 is 0 Å². The first-order valence-corrected chi connectivity index (χ1v) is 9.35. The normalized spacial score (nSPS) is 11.1. The first kappa shape index (κ1) is 18.5. The third kappa shape index (κ3) is 4.04. The summed E-state index contributed by atoms with van der Waals surface area (Å²) in [6.45, 7) is 0.0913. The molecule has 0 atom stereocenters. The van der Waals surface area contributed by atoms with Gasteiger partial charge in [0.1, 0.15) is 5.75 Å². The van der Waals surface area contributed by atoms with Crippen LogP contribution in [0.5, 0.6) is 5.75 Å². The van der Waals surface area contributed by atoms with Gasteiger partial charge in [0, 0.05) is 5.56 Å². The lowest BCUT2D eigenvalue weighted by Crippen LogP contribution is -2.26. The van der Waals surface area contributed by atoms with E-state index in [0.29, 0.717) is 5.75 Å². The van der Waals surface area contributed by atoms with Crippen LogP contribution in [-0.4, -0.2) is 25.8 Å². The molecule has 0 heterocycles. The monoisotopic (exact) mass is 383 g/mol. The van der Waals surface area contributed by atoms with Gasteiger partial charge in [-0.05, 0) is 39.7 Å². The number of ether oxygens (including phenoxy) is 1. The Bertz CT molecular complexity index is 1150. The molecule has 5 nitrogen and oxygen atoms in total. The van der Waals surface area contributed by atoms with Gasteiger partial charge in [0.15, 0.2) is 0 Å². The molecule has 0 spiro atoms. The van der Waals surface area contributed by atoms with Gasteiger partial charge in [-0.2, -0.15) is 5.10 Å². The minimum absolute atomic E-state index is 0.0913. The van der Waals surface area contributed by atoms with Crippen molar-refractivity contribution in [3.8, 4) is 5.75 Å². The lowest BCUT2D eigenvalue weighted by molar-refractivity contribution is -0.119. The van der Waals surface area contributed by atoms with Crippen molar-refractivity contribution in [2.45, 2.75) is 0 Å². The Morgan fingerprint density at radius 3 is 2.24 bits per heavy atom. The number of fused-ring (bicyclic) bond motifs is 2. The van der Waals surface area contributed by atoms with E-state index < -0.39 is 0 Å². The summed E-state index contributed by atoms with van der Waals surface area (Å²) in [6, 6.07) is 25.9. The SMILES string of the molecule is COc1ccccc1NCC(=O)N/N=C/c1c2ccccc2cc2ccccc12. The number of nitrogens with zero attached hydrogens (tertiary/aromatic N) is 1. The van der Waals surface area contributed by atoms with E-state index >= 15 is 0 Å². The fraction of sp³-hybridized carbons (Fsp3) is 0.0833. The van der Waals surface area contributed by atoms with Gasteiger partial charge < -0.3 is 10.1 Å². The van der Waals surface area contributed by atoms with Gasteiger partial charge in [-0.1, -0.05) is 60.7 Å². The Morgan fingerprint density at radius 2 is 1.55 bits per heavy atom. The molecule has 144 valence electrons. The van der Waals surface area contributed by atoms with Crippen LogP contribution in [-0.2, 0) is 4.79 Å². The lowest BCUT2D eigenvalue weighted by Gasteiger charge is -2.10. The summed E-state index contributed by atoms with van der Waals surface area (Å²) in [5, 5.41) is 11.7. The maximum absolute atomic E-state index is 12.2. The van der Waals surface area contributed by atoms with Crippen molar-refractivity contribution in [1.82, 2.24) is 5.43 Å². The molecule has 0 saturated carbocycles. The first-order chi connectivity index (χ1) is 14.3. The Hall–Kier alpha value is -3.86. The minimum atomic E-state index is -0.239. The number of anilines is 1. The Labute approximate surface area is 169 Å². The second-order valence-corrected chi connectivity index (χ2v) is 6.58. The molecule has 29 heavy (non-hydrogen) atoms. The van der Waals surface area contributed by atoms with Gasteiger partial charge in [-0.25, -0.2) is 5.43 Å². The van der Waals surface area contributed by atoms with Crippen LogP contribution in [0.4, 0.5) is 5.69 Å². The molecular weight excluding hydrogens is 362 g/mol. The standard InChI is InChI=1S/C24H21N3O2/c1-29-23-13-7-6-12-22(23)25-16-24(28)27-26-15-21-19-10-4-2-8-17(19)14-18-9-3-5-11-20(18)21/h2-15,25H,16H2,1H3,(H,27,28)/b26-15+. The Kier molecular flexibility index (Phi) is 5.38. The zero-order valence-corrected chi connectivity index (χ0v) is 16.1. The molecule has 0 aliphatic heterocycles. The molecule has 0 fully saturated rings. The van der Waals surface area contributed by atoms with Gasteiger partial charge in [-0.3, -0.25) is 4.79 Å². The third-order valence-electron chi connectivity index (χ3n) is 4.74. The molecule has 4 aromatic rings. The van der Waals surface area contributed by atoms with Crippen LogP contribution >= 0.6 is 0 Å². The van der Waals surface area contributed by atoms with Crippen molar-refractivity contribution >= 4 is 39.4 Å². The van der Waals surface area contributed by atoms with E-state index in [2.05, 4.69) is 46.2 Å². The third-order valence-corrected chi connectivity index (χ3v) is 4.74. The topological polar surface area (TPSA) is 62.7 Å². The molecule has 0 saturated heterocycles. The molecule has 0 bridgehead atoms. The van der Waals surface area contributed by atoms with Crippen LogP contribution in [0.25, 0.3) is 21.5 Å². The van der Waals surface area contributed by atoms with E-state index in [4.69, 9.17) is 4.74 Å². The second-order valence-electron chi connectivity index (χ2n) is 6.58. The molecule has 2 N–H and O–H groups in total. The molecule has 1 amide bonds. The number of methoxy groups -OCH3 is 1. The zero-order valence-electron chi connectivity index (χ0n) is 16.1. The number of carbonyl (C=O) groups excluding carboxylic acids is 1. The molecule has 0 aromatic heterocycles. The molecular formula is C24H21N3O2. The van der Waals surface area contributed by atoms with Crippen molar-refractivity contribution < 1.29 is 9.53 Å². The van der Waals surface area contributed by atoms with E-state index in [-0.39, 0.29) is 12.5 Å². The van der Waals surface area contributed by atoms with Crippen molar-refractivity contribution in [2.75, 3.05) is 19.0 Å². The summed E-state index contributed by atoms with van der Waals surface area (Å²) in [4.78, 5) is 12.2. The quantitative estimate of drug-likeness (QED) is 0.291. The predicted octanol–water partition coefficient (Wildman–Crippen LogP) is 4.56. The summed E-state index contributed by atoms with van der Waals surface area (Å²) in [7, 11) is 1.60. The molecule has 0 aliphatic carbocycles. The Balaban J connectivity index is 1.51. The van der Waals surface area contributed by atoms with Crippen molar-refractivity contribution in [3.63, 3.8) is 0 Å². The highest BCUT2D eigenvalue weighted by Crippen LogP contribution is 2.27. The molecule has 0 aliphatic rings. The van der Waals surface area contributed by atoms with Gasteiger partial charge in [0.05, 0.1) is 25.6 Å². The van der Waals surface area contributed by atoms with E-state index in [1.165, 1.54) is 0 Å². The van der Waals surface area contributed by atoms with Crippen LogP contribution in [0.3, 0.4) is 0 Å². The lowest BCUT2D eigenvalue weighted by atomic mass is 9.97. The molecule has 5 heteroatoms. The molecule has 0 unspecified atom stereocenters. The number of carbonyl (C=O) groups is 1. The van der Waals surface area contributed by atoms with Crippen molar-refractivity contribution in [3.05, 3.63) is 84.4 Å².